The van der Waals surface area contributed by atoms with Crippen molar-refractivity contribution >= 4 is 23.6 Å². The van der Waals surface area contributed by atoms with E-state index in [1.165, 1.54) is 13.2 Å². The normalized spacial score (nSPS) is 11.0. The quantitative estimate of drug-likeness (QED) is 0.514. The van der Waals surface area contributed by atoms with Crippen molar-refractivity contribution < 1.29 is 14.3 Å². The fourth-order valence-corrected chi connectivity index (χ4v) is 3.02. The van der Waals surface area contributed by atoms with Crippen LogP contribution in [0.25, 0.3) is 6.08 Å². The maximum absolute atomic E-state index is 12.3. The number of hydrogen-bond donors (Lipinski definition) is 1. The first kappa shape index (κ1) is 20.1. The molecular weight excluding hydrogens is 370 g/mol. The van der Waals surface area contributed by atoms with E-state index in [4.69, 9.17) is 4.74 Å². The topological polar surface area (TPSA) is 91.0 Å². The van der Waals surface area contributed by atoms with Crippen molar-refractivity contribution in [1.82, 2.24) is 19.6 Å². The van der Waals surface area contributed by atoms with Gasteiger partial charge in [-0.25, -0.2) is 4.79 Å². The van der Waals surface area contributed by atoms with Gasteiger partial charge in [-0.2, -0.15) is 10.2 Å². The van der Waals surface area contributed by atoms with Gasteiger partial charge in [-0.05, 0) is 31.6 Å². The zero-order chi connectivity index (χ0) is 21.0. The molecular formula is C21H23N5O3. The Balaban J connectivity index is 1.78. The lowest BCUT2D eigenvalue weighted by Crippen LogP contribution is -2.12. The Morgan fingerprint density at radius 3 is 2.69 bits per heavy atom. The standard InChI is InChI=1S/C21H23N5O3/c1-14-20(23-19(27)10-9-16-11-22-25(3)12-16)15(2)26(24-14)13-17-7-5-6-8-18(17)21(28)29-4/h5-12H,13H2,1-4H3,(H,23,27)/b10-9+. The Bertz CT molecular complexity index is 1080. The summed E-state index contributed by atoms with van der Waals surface area (Å²) in [7, 11) is 3.17. The average molecular weight is 393 g/mol. The molecule has 0 saturated heterocycles. The van der Waals surface area contributed by atoms with E-state index in [1.54, 1.807) is 33.8 Å². The number of methoxy groups -OCH3 is 1. The number of aromatic nitrogens is 4. The highest BCUT2D eigenvalue weighted by Crippen LogP contribution is 2.21. The highest BCUT2D eigenvalue weighted by atomic mass is 16.5. The van der Waals surface area contributed by atoms with Gasteiger partial charge in [0.05, 0.1) is 42.5 Å². The van der Waals surface area contributed by atoms with E-state index >= 15 is 0 Å². The lowest BCUT2D eigenvalue weighted by Gasteiger charge is -2.10. The molecule has 0 aliphatic heterocycles. The molecule has 1 amide bonds. The molecule has 0 saturated carbocycles. The van der Waals surface area contributed by atoms with Crippen LogP contribution in [0.1, 0.15) is 32.9 Å². The first-order valence-corrected chi connectivity index (χ1v) is 9.07. The molecule has 1 N–H and O–H groups in total. The first-order valence-electron chi connectivity index (χ1n) is 9.07. The molecule has 0 unspecified atom stereocenters. The van der Waals surface area contributed by atoms with Crippen LogP contribution in [0, 0.1) is 13.8 Å². The number of amides is 1. The Labute approximate surface area is 168 Å². The van der Waals surface area contributed by atoms with Crippen LogP contribution in [0.4, 0.5) is 5.69 Å². The van der Waals surface area contributed by atoms with E-state index in [0.29, 0.717) is 23.5 Å². The molecule has 0 aliphatic carbocycles. The van der Waals surface area contributed by atoms with Gasteiger partial charge in [0.1, 0.15) is 0 Å². The number of aryl methyl sites for hydroxylation is 2. The highest BCUT2D eigenvalue weighted by molar-refractivity contribution is 6.02. The Kier molecular flexibility index (Phi) is 5.92. The molecule has 0 aliphatic rings. The summed E-state index contributed by atoms with van der Waals surface area (Å²) in [5, 5.41) is 11.5. The number of carbonyl (C=O) groups is 2. The van der Waals surface area contributed by atoms with Gasteiger partial charge in [0.15, 0.2) is 0 Å². The van der Waals surface area contributed by atoms with Gasteiger partial charge in [-0.1, -0.05) is 18.2 Å². The third-order valence-electron chi connectivity index (χ3n) is 4.52. The monoisotopic (exact) mass is 393 g/mol. The van der Waals surface area contributed by atoms with Crippen LogP contribution in [0.5, 0.6) is 0 Å². The largest absolute Gasteiger partial charge is 0.465 e. The van der Waals surface area contributed by atoms with Crippen molar-refractivity contribution in [3.63, 3.8) is 0 Å². The minimum absolute atomic E-state index is 0.255. The molecule has 8 heteroatoms. The maximum atomic E-state index is 12.3. The van der Waals surface area contributed by atoms with E-state index in [1.807, 2.05) is 39.2 Å². The number of esters is 1. The van der Waals surface area contributed by atoms with Crippen molar-refractivity contribution in [2.24, 2.45) is 7.05 Å². The second kappa shape index (κ2) is 8.55. The van der Waals surface area contributed by atoms with Gasteiger partial charge in [0.2, 0.25) is 5.91 Å². The summed E-state index contributed by atoms with van der Waals surface area (Å²) in [6.07, 6.45) is 6.65. The van der Waals surface area contributed by atoms with Crippen LogP contribution in [0.3, 0.4) is 0 Å². The molecule has 3 rings (SSSR count). The first-order chi connectivity index (χ1) is 13.9. The molecule has 1 aromatic carbocycles. The van der Waals surface area contributed by atoms with E-state index in [2.05, 4.69) is 15.5 Å². The number of carbonyl (C=O) groups excluding carboxylic acids is 2. The van der Waals surface area contributed by atoms with Crippen molar-refractivity contribution in [1.29, 1.82) is 0 Å². The molecule has 0 bridgehead atoms. The third kappa shape index (κ3) is 4.60. The van der Waals surface area contributed by atoms with E-state index in [9.17, 15) is 9.59 Å². The molecule has 2 heterocycles. The highest BCUT2D eigenvalue weighted by Gasteiger charge is 2.16. The summed E-state index contributed by atoms with van der Waals surface area (Å²) < 4.78 is 8.28. The number of nitrogens with zero attached hydrogens (tertiary/aromatic N) is 4. The van der Waals surface area contributed by atoms with Gasteiger partial charge in [0.25, 0.3) is 0 Å². The lowest BCUT2D eigenvalue weighted by atomic mass is 10.1. The number of benzene rings is 1. The van der Waals surface area contributed by atoms with Crippen LogP contribution < -0.4 is 5.32 Å². The molecule has 0 radical (unpaired) electrons. The maximum Gasteiger partial charge on any atom is 0.338 e. The number of ether oxygens (including phenoxy) is 1. The van der Waals surface area contributed by atoms with Crippen LogP contribution in [-0.4, -0.2) is 38.5 Å². The molecule has 8 nitrogen and oxygen atoms in total. The average Bonchev–Trinajstić information content (AvgIpc) is 3.24. The van der Waals surface area contributed by atoms with Gasteiger partial charge in [-0.15, -0.1) is 0 Å². The summed E-state index contributed by atoms with van der Waals surface area (Å²) in [6.45, 7) is 4.09. The smallest absolute Gasteiger partial charge is 0.338 e. The number of rotatable bonds is 6. The molecule has 0 atom stereocenters. The number of anilines is 1. The van der Waals surface area contributed by atoms with Crippen LogP contribution in [-0.2, 0) is 23.1 Å². The molecule has 0 spiro atoms. The summed E-state index contributed by atoms with van der Waals surface area (Å²) in [6, 6.07) is 7.23. The summed E-state index contributed by atoms with van der Waals surface area (Å²) >= 11 is 0. The molecule has 0 fully saturated rings. The van der Waals surface area contributed by atoms with Crippen LogP contribution >= 0.6 is 0 Å². The number of nitrogens with one attached hydrogen (secondary N) is 1. The lowest BCUT2D eigenvalue weighted by molar-refractivity contribution is -0.111. The Morgan fingerprint density at radius 1 is 1.24 bits per heavy atom. The fraction of sp³-hybridized carbons (Fsp3) is 0.238. The molecule has 3 aromatic rings. The van der Waals surface area contributed by atoms with Crippen LogP contribution in [0.2, 0.25) is 0 Å². The summed E-state index contributed by atoms with van der Waals surface area (Å²) in [5.74, 6) is -0.647. The molecule has 2 aromatic heterocycles. The SMILES string of the molecule is COC(=O)c1ccccc1Cn1nc(C)c(NC(=O)/C=C/c2cnn(C)c2)c1C. The second-order valence-electron chi connectivity index (χ2n) is 6.62. The van der Waals surface area contributed by atoms with Gasteiger partial charge in [-0.3, -0.25) is 14.2 Å². The second-order valence-corrected chi connectivity index (χ2v) is 6.62. The molecule has 150 valence electrons. The van der Waals surface area contributed by atoms with Gasteiger partial charge < -0.3 is 10.1 Å². The zero-order valence-corrected chi connectivity index (χ0v) is 16.8. The van der Waals surface area contributed by atoms with Crippen molar-refractivity contribution in [3.8, 4) is 0 Å². The Morgan fingerprint density at radius 2 is 2.00 bits per heavy atom. The van der Waals surface area contributed by atoms with Crippen molar-refractivity contribution in [2.45, 2.75) is 20.4 Å². The third-order valence-corrected chi connectivity index (χ3v) is 4.52. The summed E-state index contributed by atoms with van der Waals surface area (Å²) in [4.78, 5) is 24.3. The predicted octanol–water partition coefficient (Wildman–Crippen LogP) is 2.72. The predicted molar refractivity (Wildman–Crippen MR) is 109 cm³/mol. The minimum atomic E-state index is -0.392. The van der Waals surface area contributed by atoms with E-state index in [-0.39, 0.29) is 5.91 Å². The minimum Gasteiger partial charge on any atom is -0.465 e. The van der Waals surface area contributed by atoms with Gasteiger partial charge >= 0.3 is 5.97 Å². The van der Waals surface area contributed by atoms with Gasteiger partial charge in [0, 0.05) is 24.9 Å². The van der Waals surface area contributed by atoms with Crippen molar-refractivity contribution in [3.05, 3.63) is 70.8 Å². The van der Waals surface area contributed by atoms with E-state index < -0.39 is 5.97 Å². The zero-order valence-electron chi connectivity index (χ0n) is 16.8. The van der Waals surface area contributed by atoms with Crippen molar-refractivity contribution in [2.75, 3.05) is 12.4 Å². The fourth-order valence-electron chi connectivity index (χ4n) is 3.02. The molecule has 29 heavy (non-hydrogen) atoms. The Hall–Kier alpha value is -3.68. The van der Waals surface area contributed by atoms with Crippen LogP contribution in [0.15, 0.2) is 42.7 Å². The number of hydrogen-bond acceptors (Lipinski definition) is 5. The summed E-state index contributed by atoms with van der Waals surface area (Å²) in [5.41, 5.74) is 4.27. The van der Waals surface area contributed by atoms with E-state index in [0.717, 1.165) is 16.8 Å².